The van der Waals surface area contributed by atoms with Crippen LogP contribution in [0.15, 0.2) is 30.7 Å². The summed E-state index contributed by atoms with van der Waals surface area (Å²) < 4.78 is 45.5. The molecular weight excluding hydrogens is 309 g/mol. The first-order valence-corrected chi connectivity index (χ1v) is 7.19. The van der Waals surface area contributed by atoms with Crippen molar-refractivity contribution >= 4 is 5.82 Å². The number of hydrogen-bond acceptors (Lipinski definition) is 4. The Balaban J connectivity index is 1.81. The van der Waals surface area contributed by atoms with Gasteiger partial charge >= 0.3 is 6.18 Å². The Morgan fingerprint density at radius 1 is 1.26 bits per heavy atom. The van der Waals surface area contributed by atoms with Crippen LogP contribution in [0.2, 0.25) is 0 Å². The number of ether oxygens (including phenoxy) is 1. The zero-order chi connectivity index (χ0) is 16.7. The highest BCUT2D eigenvalue weighted by Crippen LogP contribution is 2.32. The summed E-state index contributed by atoms with van der Waals surface area (Å²) in [7, 11) is 1.82. The van der Waals surface area contributed by atoms with Crippen LogP contribution in [-0.4, -0.2) is 34.5 Å². The Morgan fingerprint density at radius 2 is 2.04 bits per heavy atom. The van der Waals surface area contributed by atoms with Crippen molar-refractivity contribution in [2.24, 2.45) is 7.05 Å². The lowest BCUT2D eigenvalue weighted by atomic mass is 9.97. The third-order valence-electron chi connectivity index (χ3n) is 3.99. The normalized spacial score (nSPS) is 22.4. The molecule has 1 aliphatic heterocycles. The van der Waals surface area contributed by atoms with E-state index in [1.807, 2.05) is 25.1 Å². The number of alkyl halides is 3. The first kappa shape index (κ1) is 15.8. The van der Waals surface area contributed by atoms with E-state index < -0.39 is 17.3 Å². The van der Waals surface area contributed by atoms with Crippen molar-refractivity contribution in [2.45, 2.75) is 18.7 Å². The second-order valence-electron chi connectivity index (χ2n) is 5.81. The highest BCUT2D eigenvalue weighted by atomic mass is 19.4. The molecule has 8 heteroatoms. The molecule has 0 N–H and O–H groups in total. The lowest BCUT2D eigenvalue weighted by molar-refractivity contribution is -0.137. The molecule has 0 bridgehead atoms. The molecule has 0 radical (unpaired) electrons. The number of halogens is 3. The maximum absolute atomic E-state index is 12.6. The molecule has 124 valence electrons. The maximum Gasteiger partial charge on any atom is 0.417 e. The quantitative estimate of drug-likeness (QED) is 0.851. The molecule has 3 rings (SSSR count). The first-order chi connectivity index (χ1) is 10.8. The summed E-state index contributed by atoms with van der Waals surface area (Å²) in [5.74, 6) is 0.511. The molecule has 1 aliphatic rings. The monoisotopic (exact) mass is 326 g/mol. The molecule has 0 aromatic carbocycles. The van der Waals surface area contributed by atoms with E-state index in [-0.39, 0.29) is 0 Å². The minimum absolute atomic E-state index is 0.466. The van der Waals surface area contributed by atoms with Crippen molar-refractivity contribution in [2.75, 3.05) is 24.6 Å². The average Bonchev–Trinajstić information content (AvgIpc) is 2.94. The van der Waals surface area contributed by atoms with Crippen LogP contribution in [0.1, 0.15) is 18.1 Å². The standard InChI is InChI=1S/C15H17F3N4O/c1-14(12-8-20-21(2)9-12)10-22(5-6-23-14)13-4-3-11(7-19-13)15(16,17)18/h3-4,7-9H,5-6,10H2,1-2H3. The second kappa shape index (κ2) is 5.52. The first-order valence-electron chi connectivity index (χ1n) is 7.19. The van der Waals surface area contributed by atoms with Crippen LogP contribution >= 0.6 is 0 Å². The maximum atomic E-state index is 12.6. The fourth-order valence-corrected chi connectivity index (χ4v) is 2.68. The molecule has 5 nitrogen and oxygen atoms in total. The third kappa shape index (κ3) is 3.17. The van der Waals surface area contributed by atoms with Crippen molar-refractivity contribution < 1.29 is 17.9 Å². The molecule has 3 heterocycles. The topological polar surface area (TPSA) is 43.2 Å². The van der Waals surface area contributed by atoms with Gasteiger partial charge in [-0.2, -0.15) is 18.3 Å². The van der Waals surface area contributed by atoms with Crippen LogP contribution in [0.4, 0.5) is 19.0 Å². The van der Waals surface area contributed by atoms with Crippen LogP contribution in [0.25, 0.3) is 0 Å². The van der Waals surface area contributed by atoms with Gasteiger partial charge in [0, 0.05) is 31.5 Å². The van der Waals surface area contributed by atoms with Gasteiger partial charge in [0.15, 0.2) is 0 Å². The van der Waals surface area contributed by atoms with Gasteiger partial charge in [-0.1, -0.05) is 0 Å². The number of rotatable bonds is 2. The fourth-order valence-electron chi connectivity index (χ4n) is 2.68. The van der Waals surface area contributed by atoms with E-state index in [2.05, 4.69) is 10.1 Å². The van der Waals surface area contributed by atoms with Crippen LogP contribution in [0, 0.1) is 0 Å². The Morgan fingerprint density at radius 3 is 2.61 bits per heavy atom. The van der Waals surface area contributed by atoms with Crippen molar-refractivity contribution in [3.63, 3.8) is 0 Å². The van der Waals surface area contributed by atoms with Gasteiger partial charge in [-0.3, -0.25) is 4.68 Å². The van der Waals surface area contributed by atoms with Crippen molar-refractivity contribution in [3.8, 4) is 0 Å². The van der Waals surface area contributed by atoms with Crippen molar-refractivity contribution in [1.29, 1.82) is 0 Å². The van der Waals surface area contributed by atoms with E-state index in [0.717, 1.165) is 17.8 Å². The van der Waals surface area contributed by atoms with Gasteiger partial charge in [-0.05, 0) is 19.1 Å². The van der Waals surface area contributed by atoms with E-state index in [9.17, 15) is 13.2 Å². The highest BCUT2D eigenvalue weighted by molar-refractivity contribution is 5.41. The summed E-state index contributed by atoms with van der Waals surface area (Å²) in [6, 6.07) is 2.46. The molecule has 2 aromatic heterocycles. The predicted molar refractivity (Wildman–Crippen MR) is 78.0 cm³/mol. The molecular formula is C15H17F3N4O. The molecule has 1 atom stereocenters. The van der Waals surface area contributed by atoms with E-state index in [1.165, 1.54) is 6.07 Å². The van der Waals surface area contributed by atoms with E-state index in [4.69, 9.17) is 4.74 Å². The Labute approximate surface area is 131 Å². The number of aromatic nitrogens is 3. The number of anilines is 1. The summed E-state index contributed by atoms with van der Waals surface area (Å²) in [5.41, 5.74) is -0.391. The summed E-state index contributed by atoms with van der Waals surface area (Å²) in [5, 5.41) is 4.15. The molecule has 0 spiro atoms. The molecule has 2 aromatic rings. The fraction of sp³-hybridized carbons (Fsp3) is 0.467. The van der Waals surface area contributed by atoms with Crippen LogP contribution in [0.3, 0.4) is 0 Å². The SMILES string of the molecule is Cn1cc(C2(C)CN(c3ccc(C(F)(F)F)cn3)CCO2)cn1. The number of hydrogen-bond donors (Lipinski definition) is 0. The molecule has 1 unspecified atom stereocenters. The lowest BCUT2D eigenvalue weighted by Crippen LogP contribution is -2.48. The number of morpholine rings is 1. The largest absolute Gasteiger partial charge is 0.417 e. The summed E-state index contributed by atoms with van der Waals surface area (Å²) in [6.45, 7) is 3.49. The molecule has 0 saturated carbocycles. The van der Waals surface area contributed by atoms with Gasteiger partial charge in [0.05, 0.1) is 24.9 Å². The van der Waals surface area contributed by atoms with Gasteiger partial charge in [-0.25, -0.2) is 4.98 Å². The number of aryl methyl sites for hydroxylation is 1. The van der Waals surface area contributed by atoms with E-state index in [1.54, 1.807) is 10.9 Å². The summed E-state index contributed by atoms with van der Waals surface area (Å²) in [6.07, 6.45) is 0.111. The minimum Gasteiger partial charge on any atom is -0.367 e. The highest BCUT2D eigenvalue weighted by Gasteiger charge is 2.36. The minimum atomic E-state index is -4.37. The Bertz CT molecular complexity index is 683. The smallest absolute Gasteiger partial charge is 0.367 e. The Kier molecular flexibility index (Phi) is 3.79. The summed E-state index contributed by atoms with van der Waals surface area (Å²) in [4.78, 5) is 5.89. The average molecular weight is 326 g/mol. The number of pyridine rings is 1. The van der Waals surface area contributed by atoms with Gasteiger partial charge < -0.3 is 9.64 Å². The lowest BCUT2D eigenvalue weighted by Gasteiger charge is -2.40. The molecule has 0 amide bonds. The van der Waals surface area contributed by atoms with Crippen molar-refractivity contribution in [1.82, 2.24) is 14.8 Å². The zero-order valence-corrected chi connectivity index (χ0v) is 12.8. The van der Waals surface area contributed by atoms with Crippen LogP contribution in [0.5, 0.6) is 0 Å². The molecule has 1 saturated heterocycles. The van der Waals surface area contributed by atoms with Crippen LogP contribution < -0.4 is 4.90 Å². The van der Waals surface area contributed by atoms with Gasteiger partial charge in [0.2, 0.25) is 0 Å². The van der Waals surface area contributed by atoms with Crippen molar-refractivity contribution in [3.05, 3.63) is 41.9 Å². The predicted octanol–water partition coefficient (Wildman–Crippen LogP) is 2.59. The van der Waals surface area contributed by atoms with Gasteiger partial charge in [0.25, 0.3) is 0 Å². The Hall–Kier alpha value is -2.09. The summed E-state index contributed by atoms with van der Waals surface area (Å²) >= 11 is 0. The van der Waals surface area contributed by atoms with Gasteiger partial charge in [0.1, 0.15) is 11.4 Å². The molecule has 23 heavy (non-hydrogen) atoms. The second-order valence-corrected chi connectivity index (χ2v) is 5.81. The molecule has 1 fully saturated rings. The van der Waals surface area contributed by atoms with Gasteiger partial charge in [-0.15, -0.1) is 0 Å². The zero-order valence-electron chi connectivity index (χ0n) is 12.8. The molecule has 0 aliphatic carbocycles. The van der Waals surface area contributed by atoms with Crippen LogP contribution in [-0.2, 0) is 23.6 Å². The van der Waals surface area contributed by atoms with E-state index >= 15 is 0 Å². The third-order valence-corrected chi connectivity index (χ3v) is 3.99. The van der Waals surface area contributed by atoms with E-state index in [0.29, 0.717) is 25.5 Å². The number of nitrogens with zero attached hydrogens (tertiary/aromatic N) is 4.